The molecule has 1 aromatic heterocycles. The number of rotatable bonds is 2. The van der Waals surface area contributed by atoms with Gasteiger partial charge in [-0.3, -0.25) is 0 Å². The molecule has 0 bridgehead atoms. The number of carbonyl (C=O) groups is 1. The van der Waals surface area contributed by atoms with Crippen LogP contribution in [-0.4, -0.2) is 29.1 Å². The molecule has 1 aliphatic rings. The lowest BCUT2D eigenvalue weighted by Crippen LogP contribution is -2.38. The van der Waals surface area contributed by atoms with Gasteiger partial charge in [0.1, 0.15) is 5.69 Å². The van der Waals surface area contributed by atoms with E-state index in [9.17, 15) is 4.79 Å². The van der Waals surface area contributed by atoms with E-state index < -0.39 is 5.97 Å². The molecule has 2 rings (SSSR count). The van der Waals surface area contributed by atoms with Crippen LogP contribution in [0.15, 0.2) is 18.3 Å². The lowest BCUT2D eigenvalue weighted by Gasteiger charge is -2.36. The smallest absolute Gasteiger partial charge is 0.354 e. The van der Waals surface area contributed by atoms with Crippen molar-refractivity contribution in [2.75, 3.05) is 18.0 Å². The molecule has 2 atom stereocenters. The van der Waals surface area contributed by atoms with Crippen molar-refractivity contribution in [2.24, 2.45) is 11.8 Å². The number of aromatic nitrogens is 1. The van der Waals surface area contributed by atoms with Crippen LogP contribution in [0.4, 0.5) is 5.69 Å². The zero-order valence-corrected chi connectivity index (χ0v) is 10.3. The first-order valence-electron chi connectivity index (χ1n) is 6.00. The molecule has 92 valence electrons. The zero-order chi connectivity index (χ0) is 12.4. The first-order valence-corrected chi connectivity index (χ1v) is 6.00. The van der Waals surface area contributed by atoms with Gasteiger partial charge in [-0.15, -0.1) is 0 Å². The minimum Gasteiger partial charge on any atom is -0.477 e. The van der Waals surface area contributed by atoms with Gasteiger partial charge in [-0.1, -0.05) is 13.8 Å². The van der Waals surface area contributed by atoms with Crippen molar-refractivity contribution in [1.82, 2.24) is 4.98 Å². The fraction of sp³-hybridized carbons (Fsp3) is 0.538. The van der Waals surface area contributed by atoms with Gasteiger partial charge < -0.3 is 10.0 Å². The van der Waals surface area contributed by atoms with Crippen LogP contribution in [0.5, 0.6) is 0 Å². The van der Waals surface area contributed by atoms with E-state index in [1.54, 1.807) is 12.3 Å². The molecular formula is C13H18N2O2. The summed E-state index contributed by atoms with van der Waals surface area (Å²) < 4.78 is 0. The van der Waals surface area contributed by atoms with Crippen molar-refractivity contribution in [1.29, 1.82) is 0 Å². The van der Waals surface area contributed by atoms with Crippen LogP contribution < -0.4 is 4.90 Å². The summed E-state index contributed by atoms with van der Waals surface area (Å²) >= 11 is 0. The largest absolute Gasteiger partial charge is 0.477 e. The SMILES string of the molecule is CC1CC(C)CN(c2ccc(C(=O)O)nc2)C1. The van der Waals surface area contributed by atoms with Crippen LogP contribution in [0.3, 0.4) is 0 Å². The van der Waals surface area contributed by atoms with Gasteiger partial charge >= 0.3 is 5.97 Å². The van der Waals surface area contributed by atoms with E-state index in [-0.39, 0.29) is 5.69 Å². The lowest BCUT2D eigenvalue weighted by molar-refractivity contribution is 0.0690. The molecule has 4 heteroatoms. The fourth-order valence-electron chi connectivity index (χ4n) is 2.57. The Morgan fingerprint density at radius 2 is 2.00 bits per heavy atom. The Labute approximate surface area is 101 Å². The minimum atomic E-state index is -0.975. The third kappa shape index (κ3) is 2.75. The highest BCUT2D eigenvalue weighted by molar-refractivity contribution is 5.85. The standard InChI is InChI=1S/C13H18N2O2/c1-9-5-10(2)8-15(7-9)11-3-4-12(13(16)17)14-6-11/h3-4,6,9-10H,5,7-8H2,1-2H3,(H,16,17). The van der Waals surface area contributed by atoms with Gasteiger partial charge in [-0.25, -0.2) is 9.78 Å². The highest BCUT2D eigenvalue weighted by Crippen LogP contribution is 2.25. The molecule has 0 spiro atoms. The van der Waals surface area contributed by atoms with Crippen LogP contribution in [-0.2, 0) is 0 Å². The number of anilines is 1. The summed E-state index contributed by atoms with van der Waals surface area (Å²) in [6.45, 7) is 6.56. The third-order valence-corrected chi connectivity index (χ3v) is 3.20. The number of piperidine rings is 1. The minimum absolute atomic E-state index is 0.104. The van der Waals surface area contributed by atoms with Crippen molar-refractivity contribution in [2.45, 2.75) is 20.3 Å². The zero-order valence-electron chi connectivity index (χ0n) is 10.3. The van der Waals surface area contributed by atoms with Crippen LogP contribution in [0.1, 0.15) is 30.8 Å². The number of hydrogen-bond donors (Lipinski definition) is 1. The Morgan fingerprint density at radius 3 is 2.47 bits per heavy atom. The average molecular weight is 234 g/mol. The average Bonchev–Trinajstić information content (AvgIpc) is 2.28. The second kappa shape index (κ2) is 4.73. The molecule has 2 heterocycles. The second-order valence-electron chi connectivity index (χ2n) is 5.06. The molecule has 1 N–H and O–H groups in total. The van der Waals surface area contributed by atoms with Crippen molar-refractivity contribution < 1.29 is 9.90 Å². The molecule has 0 radical (unpaired) electrons. The molecule has 2 unspecified atom stereocenters. The van der Waals surface area contributed by atoms with E-state index in [4.69, 9.17) is 5.11 Å². The van der Waals surface area contributed by atoms with E-state index >= 15 is 0 Å². The van der Waals surface area contributed by atoms with Gasteiger partial charge in [0.25, 0.3) is 0 Å². The third-order valence-electron chi connectivity index (χ3n) is 3.20. The van der Waals surface area contributed by atoms with Crippen LogP contribution in [0.2, 0.25) is 0 Å². The summed E-state index contributed by atoms with van der Waals surface area (Å²) in [5.41, 5.74) is 1.13. The van der Waals surface area contributed by atoms with Crippen molar-refractivity contribution >= 4 is 11.7 Å². The Balaban J connectivity index is 2.14. The second-order valence-corrected chi connectivity index (χ2v) is 5.06. The quantitative estimate of drug-likeness (QED) is 0.852. The maximum atomic E-state index is 10.7. The molecule has 1 aromatic rings. The van der Waals surface area contributed by atoms with Gasteiger partial charge in [0, 0.05) is 13.1 Å². The van der Waals surface area contributed by atoms with Gasteiger partial charge in [-0.05, 0) is 30.4 Å². The predicted molar refractivity (Wildman–Crippen MR) is 66.4 cm³/mol. The molecule has 0 aliphatic carbocycles. The van der Waals surface area contributed by atoms with Gasteiger partial charge in [0.05, 0.1) is 11.9 Å². The van der Waals surface area contributed by atoms with Crippen LogP contribution in [0, 0.1) is 11.8 Å². The van der Waals surface area contributed by atoms with Gasteiger partial charge in [-0.2, -0.15) is 0 Å². The summed E-state index contributed by atoms with van der Waals surface area (Å²) in [5.74, 6) is 0.382. The number of hydrogen-bond acceptors (Lipinski definition) is 3. The molecule has 17 heavy (non-hydrogen) atoms. The number of aromatic carboxylic acids is 1. The monoisotopic (exact) mass is 234 g/mol. The first-order chi connectivity index (χ1) is 8.06. The van der Waals surface area contributed by atoms with E-state index in [0.717, 1.165) is 18.8 Å². The maximum Gasteiger partial charge on any atom is 0.354 e. The molecular weight excluding hydrogens is 216 g/mol. The summed E-state index contributed by atoms with van der Waals surface area (Å²) in [4.78, 5) is 17.0. The van der Waals surface area contributed by atoms with E-state index in [0.29, 0.717) is 11.8 Å². The molecule has 0 amide bonds. The van der Waals surface area contributed by atoms with Crippen LogP contribution >= 0.6 is 0 Å². The fourth-order valence-corrected chi connectivity index (χ4v) is 2.57. The van der Waals surface area contributed by atoms with E-state index in [2.05, 4.69) is 23.7 Å². The van der Waals surface area contributed by atoms with Crippen LogP contribution in [0.25, 0.3) is 0 Å². The molecule has 1 saturated heterocycles. The summed E-state index contributed by atoms with van der Waals surface area (Å²) in [5, 5.41) is 8.79. The Kier molecular flexibility index (Phi) is 3.31. The molecule has 0 aromatic carbocycles. The topological polar surface area (TPSA) is 53.4 Å². The molecule has 0 saturated carbocycles. The number of nitrogens with zero attached hydrogens (tertiary/aromatic N) is 2. The maximum absolute atomic E-state index is 10.7. The molecule has 1 aliphatic heterocycles. The van der Waals surface area contributed by atoms with E-state index in [1.807, 2.05) is 6.07 Å². The summed E-state index contributed by atoms with van der Waals surface area (Å²) in [6.07, 6.45) is 2.92. The first kappa shape index (κ1) is 11.9. The highest BCUT2D eigenvalue weighted by Gasteiger charge is 2.22. The van der Waals surface area contributed by atoms with Crippen molar-refractivity contribution in [3.8, 4) is 0 Å². The van der Waals surface area contributed by atoms with Gasteiger partial charge in [0.15, 0.2) is 0 Å². The number of carboxylic acid groups (broad SMARTS) is 1. The predicted octanol–water partition coefficient (Wildman–Crippen LogP) is 2.26. The Hall–Kier alpha value is -1.58. The van der Waals surface area contributed by atoms with Crippen molar-refractivity contribution in [3.05, 3.63) is 24.0 Å². The van der Waals surface area contributed by atoms with E-state index in [1.165, 1.54) is 6.42 Å². The number of pyridine rings is 1. The van der Waals surface area contributed by atoms with Crippen molar-refractivity contribution in [3.63, 3.8) is 0 Å². The molecule has 4 nitrogen and oxygen atoms in total. The summed E-state index contributed by atoms with van der Waals surface area (Å²) in [7, 11) is 0. The molecule has 1 fully saturated rings. The summed E-state index contributed by atoms with van der Waals surface area (Å²) in [6, 6.07) is 3.42. The number of carboxylic acids is 1. The normalized spacial score (nSPS) is 24.7. The van der Waals surface area contributed by atoms with Gasteiger partial charge in [0.2, 0.25) is 0 Å². The lowest BCUT2D eigenvalue weighted by atomic mass is 9.91. The Bertz CT molecular complexity index is 392. The highest BCUT2D eigenvalue weighted by atomic mass is 16.4. The Morgan fingerprint density at radius 1 is 1.35 bits per heavy atom.